The van der Waals surface area contributed by atoms with Gasteiger partial charge in [0, 0.05) is 38.1 Å². The van der Waals surface area contributed by atoms with E-state index in [9.17, 15) is 8.42 Å². The molecule has 0 spiro atoms. The van der Waals surface area contributed by atoms with E-state index in [1.54, 1.807) is 18.3 Å². The van der Waals surface area contributed by atoms with Crippen molar-refractivity contribution in [3.63, 3.8) is 0 Å². The minimum absolute atomic E-state index is 0.102. The molecule has 0 aliphatic heterocycles. The molecule has 1 aromatic heterocycles. The molecule has 0 unspecified atom stereocenters. The number of nitrogens with one attached hydrogen (secondary N) is 1. The van der Waals surface area contributed by atoms with Gasteiger partial charge in [-0.15, -0.1) is 6.58 Å². The first-order valence-electron chi connectivity index (χ1n) is 7.33. The van der Waals surface area contributed by atoms with Gasteiger partial charge in [-0.1, -0.05) is 13.0 Å². The third-order valence-electron chi connectivity index (χ3n) is 3.31. The van der Waals surface area contributed by atoms with Crippen LogP contribution in [0, 0.1) is 0 Å². The van der Waals surface area contributed by atoms with Crippen molar-refractivity contribution in [2.45, 2.75) is 44.7 Å². The number of aromatic nitrogens is 1. The van der Waals surface area contributed by atoms with E-state index in [-0.39, 0.29) is 6.04 Å². The quantitative estimate of drug-likeness (QED) is 0.561. The minimum atomic E-state index is -3.48. The number of hydrogen-bond acceptors (Lipinski definition) is 3. The Bertz CT molecular complexity index is 561. The van der Waals surface area contributed by atoms with Gasteiger partial charge in [0.15, 0.2) is 0 Å². The van der Waals surface area contributed by atoms with Crippen molar-refractivity contribution < 1.29 is 8.42 Å². The third-order valence-corrected chi connectivity index (χ3v) is 5.31. The van der Waals surface area contributed by atoms with E-state index < -0.39 is 10.0 Å². The Balaban J connectivity index is 3.03. The fourth-order valence-electron chi connectivity index (χ4n) is 2.14. The maximum atomic E-state index is 12.7. The number of sulfonamides is 1. The highest BCUT2D eigenvalue weighted by atomic mass is 32.2. The van der Waals surface area contributed by atoms with E-state index in [0.717, 1.165) is 18.7 Å². The molecule has 6 heteroatoms. The molecule has 1 heterocycles. The van der Waals surface area contributed by atoms with E-state index in [1.807, 2.05) is 25.5 Å². The molecule has 21 heavy (non-hydrogen) atoms. The largest absolute Gasteiger partial charge is 0.352 e. The molecular formula is C15H27N3O2S. The Morgan fingerprint density at radius 2 is 2.14 bits per heavy atom. The van der Waals surface area contributed by atoms with Crippen molar-refractivity contribution in [2.24, 2.45) is 7.05 Å². The fourth-order valence-corrected chi connectivity index (χ4v) is 3.84. The second-order valence-corrected chi connectivity index (χ2v) is 7.30. The average molecular weight is 313 g/mol. The Hall–Kier alpha value is -1.11. The lowest BCUT2D eigenvalue weighted by Gasteiger charge is -2.23. The van der Waals surface area contributed by atoms with E-state index in [2.05, 4.69) is 18.8 Å². The van der Waals surface area contributed by atoms with Crippen LogP contribution in [0.2, 0.25) is 0 Å². The molecule has 0 saturated heterocycles. The Kier molecular flexibility index (Phi) is 6.64. The molecule has 1 N–H and O–H groups in total. The van der Waals surface area contributed by atoms with Crippen molar-refractivity contribution >= 4 is 10.0 Å². The number of hydrogen-bond donors (Lipinski definition) is 1. The third kappa shape index (κ3) is 4.43. The molecule has 0 amide bonds. The summed E-state index contributed by atoms with van der Waals surface area (Å²) in [6.45, 7) is 11.4. The van der Waals surface area contributed by atoms with Gasteiger partial charge >= 0.3 is 0 Å². The van der Waals surface area contributed by atoms with Crippen LogP contribution in [0.15, 0.2) is 29.8 Å². The highest BCUT2D eigenvalue weighted by Gasteiger charge is 2.27. The predicted octanol–water partition coefficient (Wildman–Crippen LogP) is 2.11. The first-order chi connectivity index (χ1) is 9.84. The van der Waals surface area contributed by atoms with Crippen LogP contribution in [0.1, 0.15) is 32.9 Å². The van der Waals surface area contributed by atoms with E-state index in [4.69, 9.17) is 0 Å². The standard InChI is InChI=1S/C15H27N3O2S/c1-6-8-16-11-14-10-15(12-17(14)5)21(19,20)18(9-7-2)13(3)4/h7,10,12-13,16H,2,6,8-9,11H2,1,3-5H3. The monoisotopic (exact) mass is 313 g/mol. The van der Waals surface area contributed by atoms with Crippen LogP contribution in [0.3, 0.4) is 0 Å². The normalized spacial score (nSPS) is 12.3. The molecule has 0 bridgehead atoms. The maximum Gasteiger partial charge on any atom is 0.245 e. The molecular weight excluding hydrogens is 286 g/mol. The van der Waals surface area contributed by atoms with E-state index in [1.165, 1.54) is 4.31 Å². The highest BCUT2D eigenvalue weighted by Crippen LogP contribution is 2.20. The summed E-state index contributed by atoms with van der Waals surface area (Å²) < 4.78 is 28.7. The Labute approximate surface area is 128 Å². The van der Waals surface area contributed by atoms with E-state index in [0.29, 0.717) is 18.0 Å². The number of aryl methyl sites for hydroxylation is 1. The molecule has 120 valence electrons. The first kappa shape index (κ1) is 17.9. The summed E-state index contributed by atoms with van der Waals surface area (Å²) in [5, 5.41) is 3.29. The maximum absolute atomic E-state index is 12.7. The van der Waals surface area contributed by atoms with Gasteiger partial charge < -0.3 is 9.88 Å². The van der Waals surface area contributed by atoms with Gasteiger partial charge in [0.2, 0.25) is 10.0 Å². The molecule has 0 fully saturated rings. The average Bonchev–Trinajstić information content (AvgIpc) is 2.78. The molecule has 0 atom stereocenters. The SMILES string of the molecule is C=CCN(C(C)C)S(=O)(=O)c1cc(CNCCC)n(C)c1. The molecule has 0 saturated carbocycles. The zero-order valence-corrected chi connectivity index (χ0v) is 14.3. The molecule has 1 aromatic rings. The van der Waals surface area contributed by atoms with Crippen LogP contribution < -0.4 is 5.32 Å². The van der Waals surface area contributed by atoms with Crippen molar-refractivity contribution in [1.29, 1.82) is 0 Å². The van der Waals surface area contributed by atoms with Gasteiger partial charge in [0.05, 0.1) is 0 Å². The van der Waals surface area contributed by atoms with Gasteiger partial charge in [0.1, 0.15) is 4.90 Å². The van der Waals surface area contributed by atoms with Crippen molar-refractivity contribution in [3.8, 4) is 0 Å². The second kappa shape index (κ2) is 7.77. The van der Waals surface area contributed by atoms with Gasteiger partial charge in [-0.05, 0) is 32.9 Å². The van der Waals surface area contributed by atoms with Gasteiger partial charge in [-0.3, -0.25) is 0 Å². The van der Waals surface area contributed by atoms with Crippen molar-refractivity contribution in [1.82, 2.24) is 14.2 Å². The van der Waals surface area contributed by atoms with Gasteiger partial charge in [0.25, 0.3) is 0 Å². The Morgan fingerprint density at radius 1 is 1.48 bits per heavy atom. The van der Waals surface area contributed by atoms with Crippen LogP contribution in [0.5, 0.6) is 0 Å². The van der Waals surface area contributed by atoms with Crippen LogP contribution in [-0.4, -0.2) is 36.4 Å². The predicted molar refractivity (Wildman–Crippen MR) is 86.6 cm³/mol. The summed E-state index contributed by atoms with van der Waals surface area (Å²) in [6, 6.07) is 1.64. The minimum Gasteiger partial charge on any atom is -0.352 e. The first-order valence-corrected chi connectivity index (χ1v) is 8.77. The van der Waals surface area contributed by atoms with Crippen LogP contribution in [0.25, 0.3) is 0 Å². The van der Waals surface area contributed by atoms with Crippen LogP contribution in [-0.2, 0) is 23.6 Å². The zero-order chi connectivity index (χ0) is 16.0. The summed E-state index contributed by atoms with van der Waals surface area (Å²) in [6.07, 6.45) is 4.34. The second-order valence-electron chi connectivity index (χ2n) is 5.41. The highest BCUT2D eigenvalue weighted by molar-refractivity contribution is 7.89. The molecule has 1 rings (SSSR count). The van der Waals surface area contributed by atoms with E-state index >= 15 is 0 Å². The van der Waals surface area contributed by atoms with Crippen molar-refractivity contribution in [3.05, 3.63) is 30.6 Å². The summed E-state index contributed by atoms with van der Waals surface area (Å²) in [4.78, 5) is 0.342. The molecule has 5 nitrogen and oxygen atoms in total. The fraction of sp³-hybridized carbons (Fsp3) is 0.600. The summed E-state index contributed by atoms with van der Waals surface area (Å²) in [5.41, 5.74) is 0.962. The zero-order valence-electron chi connectivity index (χ0n) is 13.5. The topological polar surface area (TPSA) is 54.3 Å². The lowest BCUT2D eigenvalue weighted by molar-refractivity contribution is 0.383. The molecule has 0 aliphatic rings. The lowest BCUT2D eigenvalue weighted by atomic mass is 10.4. The van der Waals surface area contributed by atoms with Gasteiger partial charge in [-0.2, -0.15) is 4.31 Å². The summed E-state index contributed by atoms with van der Waals surface area (Å²) in [7, 11) is -1.61. The smallest absolute Gasteiger partial charge is 0.245 e. The van der Waals surface area contributed by atoms with Gasteiger partial charge in [-0.25, -0.2) is 8.42 Å². The van der Waals surface area contributed by atoms with Crippen LogP contribution in [0.4, 0.5) is 0 Å². The molecule has 0 aliphatic carbocycles. The Morgan fingerprint density at radius 3 is 2.67 bits per heavy atom. The molecule has 0 radical (unpaired) electrons. The lowest BCUT2D eigenvalue weighted by Crippen LogP contribution is -2.36. The van der Waals surface area contributed by atoms with Crippen molar-refractivity contribution in [2.75, 3.05) is 13.1 Å². The summed E-state index contributed by atoms with van der Waals surface area (Å²) in [5.74, 6) is 0. The van der Waals surface area contributed by atoms with Crippen LogP contribution >= 0.6 is 0 Å². The molecule has 0 aromatic carbocycles. The number of rotatable bonds is 9. The number of nitrogens with zero attached hydrogens (tertiary/aromatic N) is 2. The summed E-state index contributed by atoms with van der Waals surface area (Å²) >= 11 is 0.